The molecule has 14 heavy (non-hydrogen) atoms. The molecule has 0 saturated carbocycles. The monoisotopic (exact) mass is 192 g/mol. The summed E-state index contributed by atoms with van der Waals surface area (Å²) >= 11 is 0. The average Bonchev–Trinajstić information content (AvgIpc) is 2.63. The Kier molecular flexibility index (Phi) is 2.65. The van der Waals surface area contributed by atoms with Crippen LogP contribution in [0.15, 0.2) is 35.3 Å². The molecule has 4 heteroatoms. The summed E-state index contributed by atoms with van der Waals surface area (Å²) in [6.07, 6.45) is -0.621. The molecule has 0 bridgehead atoms. The third kappa shape index (κ3) is 2.23. The van der Waals surface area contributed by atoms with Crippen LogP contribution >= 0.6 is 0 Å². The highest BCUT2D eigenvalue weighted by Gasteiger charge is 2.16. The molecule has 2 N–H and O–H groups in total. The van der Waals surface area contributed by atoms with Crippen LogP contribution < -0.4 is 5.32 Å². The largest absolute Gasteiger partial charge is 0.460 e. The number of hydrogen-bond donors (Lipinski definition) is 2. The van der Waals surface area contributed by atoms with Gasteiger partial charge in [0.25, 0.3) is 6.02 Å². The fourth-order valence-electron chi connectivity index (χ4n) is 1.22. The first-order valence-electron chi connectivity index (χ1n) is 4.50. The molecule has 0 amide bonds. The van der Waals surface area contributed by atoms with Crippen LogP contribution in [-0.2, 0) is 11.3 Å². The van der Waals surface area contributed by atoms with Crippen molar-refractivity contribution in [1.29, 1.82) is 0 Å². The van der Waals surface area contributed by atoms with E-state index in [1.807, 2.05) is 30.3 Å². The second kappa shape index (κ2) is 4.11. The van der Waals surface area contributed by atoms with E-state index < -0.39 is 6.23 Å². The van der Waals surface area contributed by atoms with Crippen molar-refractivity contribution in [1.82, 2.24) is 5.32 Å². The molecule has 0 radical (unpaired) electrons. The number of rotatable bonds is 2. The van der Waals surface area contributed by atoms with Crippen LogP contribution in [0.3, 0.4) is 0 Å². The van der Waals surface area contributed by atoms with E-state index in [4.69, 9.17) is 9.84 Å². The molecule has 1 fully saturated rings. The Morgan fingerprint density at radius 3 is 2.86 bits per heavy atom. The van der Waals surface area contributed by atoms with E-state index in [1.54, 1.807) is 0 Å². The number of ether oxygens (including phenoxy) is 1. The number of amidine groups is 1. The van der Waals surface area contributed by atoms with Crippen LogP contribution in [0.25, 0.3) is 0 Å². The molecule has 1 aliphatic heterocycles. The van der Waals surface area contributed by atoms with Crippen molar-refractivity contribution in [3.8, 4) is 0 Å². The van der Waals surface area contributed by atoms with Crippen molar-refractivity contribution in [2.75, 3.05) is 6.61 Å². The second-order valence-corrected chi connectivity index (χ2v) is 3.08. The average molecular weight is 192 g/mol. The lowest BCUT2D eigenvalue weighted by Gasteiger charge is -1.98. The van der Waals surface area contributed by atoms with E-state index in [0.29, 0.717) is 12.6 Å². The van der Waals surface area contributed by atoms with Crippen molar-refractivity contribution in [2.24, 2.45) is 4.99 Å². The van der Waals surface area contributed by atoms with Crippen molar-refractivity contribution in [3.63, 3.8) is 0 Å². The van der Waals surface area contributed by atoms with Gasteiger partial charge in [0.15, 0.2) is 6.23 Å². The smallest absolute Gasteiger partial charge is 0.287 e. The molecule has 1 aromatic rings. The van der Waals surface area contributed by atoms with Gasteiger partial charge in [-0.15, -0.1) is 0 Å². The second-order valence-electron chi connectivity index (χ2n) is 3.08. The third-order valence-corrected chi connectivity index (χ3v) is 1.92. The molecule has 74 valence electrons. The van der Waals surface area contributed by atoms with E-state index in [9.17, 15) is 0 Å². The highest BCUT2D eigenvalue weighted by atomic mass is 16.5. The Morgan fingerprint density at radius 2 is 2.21 bits per heavy atom. The molecular weight excluding hydrogens is 180 g/mol. The van der Waals surface area contributed by atoms with Crippen molar-refractivity contribution in [2.45, 2.75) is 12.8 Å². The molecule has 1 heterocycles. The third-order valence-electron chi connectivity index (χ3n) is 1.92. The van der Waals surface area contributed by atoms with Crippen LogP contribution in [0.1, 0.15) is 5.56 Å². The Hall–Kier alpha value is -1.55. The van der Waals surface area contributed by atoms with E-state index in [1.165, 1.54) is 0 Å². The summed E-state index contributed by atoms with van der Waals surface area (Å²) in [5, 5.41) is 11.8. The van der Waals surface area contributed by atoms with E-state index in [0.717, 1.165) is 5.56 Å². The fraction of sp³-hybridized carbons (Fsp3) is 0.300. The molecule has 2 rings (SSSR count). The summed E-state index contributed by atoms with van der Waals surface area (Å²) in [4.78, 5) is 4.17. The number of aliphatic hydroxyl groups excluding tert-OH is 1. The summed E-state index contributed by atoms with van der Waals surface area (Å²) in [7, 11) is 0. The molecular formula is C10H12N2O2. The molecule has 1 atom stereocenters. The number of nitrogens with zero attached hydrogens (tertiary/aromatic N) is 1. The first-order chi connectivity index (χ1) is 6.84. The summed E-state index contributed by atoms with van der Waals surface area (Å²) in [6, 6.07) is 10.3. The fourth-order valence-corrected chi connectivity index (χ4v) is 1.22. The van der Waals surface area contributed by atoms with Crippen LogP contribution in [0.2, 0.25) is 0 Å². The zero-order valence-electron chi connectivity index (χ0n) is 7.68. The van der Waals surface area contributed by atoms with Crippen molar-refractivity contribution >= 4 is 6.02 Å². The predicted molar refractivity (Wildman–Crippen MR) is 52.7 cm³/mol. The van der Waals surface area contributed by atoms with E-state index in [-0.39, 0.29) is 6.61 Å². The van der Waals surface area contributed by atoms with Crippen LogP contribution in [0.5, 0.6) is 0 Å². The molecule has 1 unspecified atom stereocenters. The van der Waals surface area contributed by atoms with Gasteiger partial charge in [-0.05, 0) is 5.56 Å². The zero-order chi connectivity index (χ0) is 9.80. The van der Waals surface area contributed by atoms with Gasteiger partial charge >= 0.3 is 0 Å². The first kappa shape index (κ1) is 9.02. The molecule has 0 aliphatic carbocycles. The van der Waals surface area contributed by atoms with Crippen molar-refractivity contribution < 1.29 is 9.84 Å². The van der Waals surface area contributed by atoms with Gasteiger partial charge in [0.05, 0.1) is 6.54 Å². The van der Waals surface area contributed by atoms with Gasteiger partial charge in [0.2, 0.25) is 0 Å². The highest BCUT2D eigenvalue weighted by molar-refractivity contribution is 5.75. The first-order valence-corrected chi connectivity index (χ1v) is 4.50. The van der Waals surface area contributed by atoms with Gasteiger partial charge in [0.1, 0.15) is 6.61 Å². The Bertz CT molecular complexity index is 324. The molecule has 1 aromatic carbocycles. The van der Waals surface area contributed by atoms with E-state index in [2.05, 4.69) is 10.3 Å². The quantitative estimate of drug-likeness (QED) is 0.716. The Morgan fingerprint density at radius 1 is 1.43 bits per heavy atom. The minimum Gasteiger partial charge on any atom is -0.460 e. The molecule has 0 spiro atoms. The summed E-state index contributed by atoms with van der Waals surface area (Å²) in [6.45, 7) is 0.837. The maximum absolute atomic E-state index is 9.08. The molecule has 0 aromatic heterocycles. The normalized spacial score (nSPS) is 23.2. The van der Waals surface area contributed by atoms with Gasteiger partial charge < -0.3 is 15.2 Å². The van der Waals surface area contributed by atoms with Gasteiger partial charge in [-0.2, -0.15) is 0 Å². The van der Waals surface area contributed by atoms with Gasteiger partial charge in [-0.1, -0.05) is 30.3 Å². The molecule has 1 aliphatic rings. The summed E-state index contributed by atoms with van der Waals surface area (Å²) < 4.78 is 5.08. The lowest BCUT2D eigenvalue weighted by molar-refractivity contribution is 0.136. The minimum atomic E-state index is -0.621. The van der Waals surface area contributed by atoms with Crippen LogP contribution in [-0.4, -0.2) is 24.0 Å². The van der Waals surface area contributed by atoms with Gasteiger partial charge in [-0.3, -0.25) is 0 Å². The predicted octanol–water partition coefficient (Wildman–Crippen LogP) is 0.481. The maximum Gasteiger partial charge on any atom is 0.287 e. The molecule has 1 saturated heterocycles. The zero-order valence-corrected chi connectivity index (χ0v) is 7.68. The Labute approximate surface area is 82.2 Å². The van der Waals surface area contributed by atoms with Gasteiger partial charge in [0, 0.05) is 0 Å². The lowest BCUT2D eigenvalue weighted by atomic mass is 10.2. The topological polar surface area (TPSA) is 53.9 Å². The van der Waals surface area contributed by atoms with Crippen molar-refractivity contribution in [3.05, 3.63) is 35.9 Å². The highest BCUT2D eigenvalue weighted by Crippen LogP contribution is 2.02. The van der Waals surface area contributed by atoms with Crippen LogP contribution in [0, 0.1) is 0 Å². The number of aliphatic hydroxyl groups is 1. The number of benzene rings is 1. The summed E-state index contributed by atoms with van der Waals surface area (Å²) in [5.41, 5.74) is 1.12. The number of aliphatic imine (C=N–C) groups is 1. The van der Waals surface area contributed by atoms with Gasteiger partial charge in [-0.25, -0.2) is 4.99 Å². The lowest BCUT2D eigenvalue weighted by Crippen LogP contribution is -2.26. The molecule has 4 nitrogen and oxygen atoms in total. The Balaban J connectivity index is 1.94. The van der Waals surface area contributed by atoms with E-state index >= 15 is 0 Å². The maximum atomic E-state index is 9.08. The minimum absolute atomic E-state index is 0.271. The number of nitrogens with one attached hydrogen (secondary N) is 1. The SMILES string of the molecule is OC1COC(=NCc2ccccc2)N1. The number of hydrogen-bond acceptors (Lipinski definition) is 3. The standard InChI is InChI=1S/C10H12N2O2/c13-9-7-14-10(12-9)11-6-8-4-2-1-3-5-8/h1-5,9,13H,6-7H2,(H,11,12). The van der Waals surface area contributed by atoms with Crippen LogP contribution in [0.4, 0.5) is 0 Å². The summed E-state index contributed by atoms with van der Waals surface area (Å²) in [5.74, 6) is 0.